The number of rotatable bonds is 14. The molecule has 0 saturated carbocycles. The number of methoxy groups -OCH3 is 1. The number of likely N-dealkylation sites (N-methyl/N-ethyl adjacent to an activating group) is 1. The van der Waals surface area contributed by atoms with Crippen LogP contribution in [0.25, 0.3) is 0 Å². The van der Waals surface area contributed by atoms with Gasteiger partial charge in [0.25, 0.3) is 0 Å². The predicted molar refractivity (Wildman–Crippen MR) is 271 cm³/mol. The van der Waals surface area contributed by atoms with E-state index in [0.29, 0.717) is 31.7 Å². The normalized spacial score (nSPS) is 39.6. The van der Waals surface area contributed by atoms with E-state index < -0.39 is 108 Å². The minimum atomic E-state index is -1.88. The van der Waals surface area contributed by atoms with Crippen LogP contribution in [-0.2, 0) is 39.8 Å². The second-order valence-electron chi connectivity index (χ2n) is 21.6. The van der Waals surface area contributed by atoms with Crippen molar-refractivity contribution in [2.24, 2.45) is 17.8 Å². The molecule has 0 aliphatic carbocycles. The first-order chi connectivity index (χ1) is 33.7. The van der Waals surface area contributed by atoms with E-state index >= 15 is 0 Å². The van der Waals surface area contributed by atoms with Gasteiger partial charge in [-0.3, -0.25) is 14.5 Å². The number of nitrogens with one attached hydrogen (secondary N) is 2. The van der Waals surface area contributed by atoms with E-state index in [1.54, 1.807) is 85.5 Å². The van der Waals surface area contributed by atoms with Gasteiger partial charge in [-0.15, -0.1) is 0 Å². The number of carbonyl (C=O) groups is 2. The van der Waals surface area contributed by atoms with E-state index in [-0.39, 0.29) is 49.7 Å². The van der Waals surface area contributed by atoms with Crippen LogP contribution in [0, 0.1) is 17.8 Å². The highest BCUT2D eigenvalue weighted by Gasteiger charge is 2.58. The number of aryl methyl sites for hydroxylation is 1. The molecular formula is C53H87N5O14. The lowest BCUT2D eigenvalue weighted by molar-refractivity contribution is -0.336. The third kappa shape index (κ3) is 13.4. The number of cyclic esters (lactones) is 1. The number of pyridine rings is 1. The molecule has 18 atom stereocenters. The number of nitrogens with zero attached hydrogens (tertiary/aromatic N) is 3. The number of carbonyl (C=O) groups excluding carboxylic acids is 2. The van der Waals surface area contributed by atoms with Crippen LogP contribution in [-0.4, -0.2) is 178 Å². The summed E-state index contributed by atoms with van der Waals surface area (Å²) >= 11 is 0. The smallest absolute Gasteiger partial charge is 0.324 e. The van der Waals surface area contributed by atoms with Crippen molar-refractivity contribution < 1.29 is 63.5 Å². The van der Waals surface area contributed by atoms with E-state index in [2.05, 4.69) is 10.6 Å². The van der Waals surface area contributed by atoms with Crippen LogP contribution in [0.4, 0.5) is 10.5 Å². The first kappa shape index (κ1) is 59.3. The Morgan fingerprint density at radius 1 is 0.931 bits per heavy atom. The number of para-hydroxylation sites is 1. The van der Waals surface area contributed by atoms with Gasteiger partial charge in [-0.25, -0.2) is 4.79 Å². The van der Waals surface area contributed by atoms with Gasteiger partial charge in [0.1, 0.15) is 35.1 Å². The monoisotopic (exact) mass is 1020 g/mol. The van der Waals surface area contributed by atoms with Gasteiger partial charge >= 0.3 is 12.0 Å². The Balaban J connectivity index is 1.49. The number of aliphatic hydroxyl groups is 5. The Labute approximate surface area is 426 Å². The molecule has 5 rings (SSSR count). The zero-order chi connectivity index (χ0) is 53.5. The zero-order valence-electron chi connectivity index (χ0n) is 44.9. The molecule has 1 aromatic carbocycles. The molecular weight excluding hydrogens is 931 g/mol. The molecule has 0 bridgehead atoms. The van der Waals surface area contributed by atoms with Crippen LogP contribution in [0.3, 0.4) is 0 Å². The number of aliphatic hydroxyl groups excluding tert-OH is 2. The predicted octanol–water partition coefficient (Wildman–Crippen LogP) is 3.40. The molecule has 0 unspecified atom stereocenters. The fourth-order valence-corrected chi connectivity index (χ4v) is 11.1. The van der Waals surface area contributed by atoms with Gasteiger partial charge in [0.15, 0.2) is 12.6 Å². The molecule has 2 aromatic rings. The number of anilines is 1. The van der Waals surface area contributed by atoms with Crippen LogP contribution >= 0.6 is 0 Å². The largest absolute Gasteiger partial charge is 0.459 e. The van der Waals surface area contributed by atoms with Gasteiger partial charge in [0, 0.05) is 70.6 Å². The number of hydrogen-bond donors (Lipinski definition) is 7. The van der Waals surface area contributed by atoms with Crippen molar-refractivity contribution >= 4 is 17.7 Å². The summed E-state index contributed by atoms with van der Waals surface area (Å²) in [5, 5.41) is 67.4. The highest BCUT2D eigenvalue weighted by molar-refractivity contribution is 5.91. The van der Waals surface area contributed by atoms with E-state index in [0.717, 1.165) is 0 Å². The van der Waals surface area contributed by atoms with Gasteiger partial charge in [-0.05, 0) is 111 Å². The fraction of sp³-hybridized carbons (Fsp3) is 0.755. The van der Waals surface area contributed by atoms with Gasteiger partial charge in [-0.2, -0.15) is 0 Å². The molecule has 2 amide bonds. The minimum Gasteiger partial charge on any atom is -0.459 e. The molecule has 3 fully saturated rings. The second-order valence-corrected chi connectivity index (χ2v) is 21.6. The number of hydrogen-bond acceptors (Lipinski definition) is 16. The lowest BCUT2D eigenvalue weighted by Crippen LogP contribution is -2.70. The van der Waals surface area contributed by atoms with Crippen molar-refractivity contribution in [3.05, 3.63) is 65.1 Å². The van der Waals surface area contributed by atoms with Gasteiger partial charge in [0.05, 0.1) is 42.0 Å². The summed E-state index contributed by atoms with van der Waals surface area (Å²) in [6, 6.07) is 12.3. The summed E-state index contributed by atoms with van der Waals surface area (Å²) in [4.78, 5) is 43.8. The third-order valence-electron chi connectivity index (χ3n) is 15.8. The van der Waals surface area contributed by atoms with E-state index in [1.807, 2.05) is 44.2 Å². The van der Waals surface area contributed by atoms with Crippen LogP contribution < -0.4 is 21.1 Å². The number of amides is 2. The number of esters is 1. The highest BCUT2D eigenvalue weighted by Crippen LogP contribution is 2.43. The van der Waals surface area contributed by atoms with Gasteiger partial charge in [0.2, 0.25) is 5.56 Å². The number of aromatic nitrogens is 1. The quantitative estimate of drug-likeness (QED) is 0.106. The summed E-state index contributed by atoms with van der Waals surface area (Å²) in [6.07, 6.45) is -7.35. The van der Waals surface area contributed by atoms with Crippen LogP contribution in [0.5, 0.6) is 0 Å². The molecule has 0 spiro atoms. The van der Waals surface area contributed by atoms with Crippen LogP contribution in [0.2, 0.25) is 0 Å². The molecule has 1 aromatic heterocycles. The summed E-state index contributed by atoms with van der Waals surface area (Å²) in [7, 11) is 4.76. The number of ether oxygens (including phenoxy) is 6. The van der Waals surface area contributed by atoms with Crippen molar-refractivity contribution in [3.63, 3.8) is 0 Å². The molecule has 7 N–H and O–H groups in total. The zero-order valence-corrected chi connectivity index (χ0v) is 44.9. The first-order valence-electron chi connectivity index (χ1n) is 25.8. The standard InChI is InChI=1S/C53H87N5O14/c1-14-40-52(10,65)45(61)36(6)55-30-32(2)28-50(8,64)46(72-48-43(60)39(27-33(3)68-48)57(12)49(63)56(11)38-21-16-15-17-22-38)34(4)44(35(5)47(62)70-40)71-42-29-51(9,67-13)53(66,37(7)69-42)31-54-24-20-26-58-25-19-18-23-41(58)59/h15-19,21-23,25,32-37,39-40,42-46,48,54-55,60-61,64-66H,14,20,24,26-31H2,1-13H3/t32-,33-,34+,35-,36-,37+,39+,40-,42+,43-,44+,45-,46-,48+,50-,51-,52-,53+/m1/s1. The number of urea groups is 1. The minimum absolute atomic E-state index is 0.0150. The topological polar surface area (TPSA) is 243 Å². The molecule has 19 heteroatoms. The Morgan fingerprint density at radius 2 is 1.60 bits per heavy atom. The lowest BCUT2D eigenvalue weighted by atomic mass is 9.75. The van der Waals surface area contributed by atoms with E-state index in [9.17, 15) is 39.9 Å². The van der Waals surface area contributed by atoms with Crippen molar-refractivity contribution in [2.45, 2.75) is 198 Å². The molecule has 0 radical (unpaired) electrons. The SMILES string of the molecule is CC[C@H]1OC(=O)[C@H](C)[C@@H](O[C@H]2C[C@@](C)(OC)[C@](O)(CNCCCn3ccccc3=O)[C@H](C)O2)[C@H](C)[C@@H](O[C@@H]2O[C@H](C)C[C@H](N(C)C(=O)N(C)c3ccccc3)[C@H]2O)[C@](C)(O)C[C@@H](C)CN[C@H](C)[C@@H](O)[C@]1(C)O. The molecule has 3 saturated heterocycles. The maximum atomic E-state index is 14.6. The van der Waals surface area contributed by atoms with E-state index in [1.165, 1.54) is 29.9 Å². The summed E-state index contributed by atoms with van der Waals surface area (Å²) < 4.78 is 40.5. The van der Waals surface area contributed by atoms with Crippen LogP contribution in [0.1, 0.15) is 101 Å². The summed E-state index contributed by atoms with van der Waals surface area (Å²) in [6.45, 7) is 18.4. The van der Waals surface area contributed by atoms with Crippen LogP contribution in [0.15, 0.2) is 59.5 Å². The molecule has 4 heterocycles. The van der Waals surface area contributed by atoms with Crippen molar-refractivity contribution in [2.75, 3.05) is 45.7 Å². The maximum absolute atomic E-state index is 14.6. The first-order valence-corrected chi connectivity index (χ1v) is 25.8. The summed E-state index contributed by atoms with van der Waals surface area (Å²) in [5.74, 6) is -3.09. The molecule has 19 nitrogen and oxygen atoms in total. The van der Waals surface area contributed by atoms with Crippen molar-refractivity contribution in [3.8, 4) is 0 Å². The Bertz CT molecular complexity index is 2100. The summed E-state index contributed by atoms with van der Waals surface area (Å²) in [5.41, 5.74) is -5.92. The van der Waals surface area contributed by atoms with Crippen molar-refractivity contribution in [1.29, 1.82) is 0 Å². The number of benzene rings is 1. The third-order valence-corrected chi connectivity index (χ3v) is 15.8. The molecule has 3 aliphatic rings. The van der Waals surface area contributed by atoms with Gasteiger partial charge in [-0.1, -0.05) is 45.0 Å². The molecule has 3 aliphatic heterocycles. The van der Waals surface area contributed by atoms with Crippen molar-refractivity contribution in [1.82, 2.24) is 20.1 Å². The Kier molecular flexibility index (Phi) is 20.5. The molecule has 408 valence electrons. The Morgan fingerprint density at radius 3 is 2.24 bits per heavy atom. The molecule has 72 heavy (non-hydrogen) atoms. The second kappa shape index (κ2) is 24.8. The lowest BCUT2D eigenvalue weighted by Gasteiger charge is -2.53. The average Bonchev–Trinajstić information content (AvgIpc) is 3.34. The maximum Gasteiger partial charge on any atom is 0.324 e. The average molecular weight is 1020 g/mol. The fourth-order valence-electron chi connectivity index (χ4n) is 11.1. The Hall–Kier alpha value is -3.57. The van der Waals surface area contributed by atoms with E-state index in [4.69, 9.17) is 28.4 Å². The van der Waals surface area contributed by atoms with Gasteiger partial charge < -0.3 is 74.1 Å². The highest BCUT2D eigenvalue weighted by atomic mass is 16.7.